The molecule has 5 N–H and O–H groups in total. The highest BCUT2D eigenvalue weighted by Gasteiger charge is 2.19. The van der Waals surface area contributed by atoms with Gasteiger partial charge in [0.25, 0.3) is 11.9 Å². The number of amides is 1. The molecule has 1 rings (SSSR count). The molecule has 0 aliphatic heterocycles. The summed E-state index contributed by atoms with van der Waals surface area (Å²) in [6.07, 6.45) is 3.34. The summed E-state index contributed by atoms with van der Waals surface area (Å²) in [6.45, 7) is 4.60. The Bertz CT molecular complexity index is 458. The number of carboxylic acids is 2. The molecule has 0 saturated heterocycles. The van der Waals surface area contributed by atoms with Crippen molar-refractivity contribution in [1.29, 1.82) is 0 Å². The third-order valence-electron chi connectivity index (χ3n) is 2.38. The van der Waals surface area contributed by atoms with Gasteiger partial charge in [0.1, 0.15) is 5.82 Å². The maximum atomic E-state index is 11.9. The van der Waals surface area contributed by atoms with Gasteiger partial charge >= 0.3 is 0 Å². The molecule has 138 valence electrons. The number of carbonyl (C=O) groups is 3. The summed E-state index contributed by atoms with van der Waals surface area (Å²) >= 11 is 0. The Morgan fingerprint density at radius 3 is 2.12 bits per heavy atom. The van der Waals surface area contributed by atoms with Gasteiger partial charge in [-0.2, -0.15) is 0 Å². The molecule has 0 radical (unpaired) electrons. The maximum absolute atomic E-state index is 11.9. The summed E-state index contributed by atoms with van der Waals surface area (Å²) in [7, 11) is 1.73. The summed E-state index contributed by atoms with van der Waals surface area (Å²) in [6, 6.07) is -0.262. The average Bonchev–Trinajstić information content (AvgIpc) is 2.97. The zero-order valence-corrected chi connectivity index (χ0v) is 14.3. The van der Waals surface area contributed by atoms with E-state index < -0.39 is 11.9 Å². The molecule has 1 aromatic heterocycles. The Morgan fingerprint density at radius 2 is 1.79 bits per heavy atom. The number of carbonyl (C=O) groups excluding carboxylic acids is 1. The van der Waals surface area contributed by atoms with Gasteiger partial charge in [-0.1, -0.05) is 0 Å². The van der Waals surface area contributed by atoms with Crippen molar-refractivity contribution in [3.63, 3.8) is 0 Å². The number of aliphatic hydroxyl groups is 1. The fourth-order valence-corrected chi connectivity index (χ4v) is 1.35. The van der Waals surface area contributed by atoms with Gasteiger partial charge < -0.3 is 30.5 Å². The van der Waals surface area contributed by atoms with Crippen LogP contribution in [0.1, 0.15) is 26.6 Å². The highest BCUT2D eigenvalue weighted by atomic mass is 16.4. The smallest absolute Gasteiger partial charge is 0.300 e. The van der Waals surface area contributed by atoms with Gasteiger partial charge in [0.2, 0.25) is 5.91 Å². The monoisotopic (exact) mass is 346 g/mol. The second kappa shape index (κ2) is 14.2. The summed E-state index contributed by atoms with van der Waals surface area (Å²) in [4.78, 5) is 38.5. The molecule has 0 aliphatic carbocycles. The van der Waals surface area contributed by atoms with Crippen molar-refractivity contribution >= 4 is 17.8 Å². The maximum Gasteiger partial charge on any atom is 0.300 e. The van der Waals surface area contributed by atoms with Crippen molar-refractivity contribution in [2.75, 3.05) is 20.2 Å². The number of nitrogens with zero attached hydrogens (tertiary/aromatic N) is 2. The number of aliphatic carboxylic acids is 2. The van der Waals surface area contributed by atoms with E-state index in [1.807, 2.05) is 0 Å². The van der Waals surface area contributed by atoms with Crippen molar-refractivity contribution in [2.24, 2.45) is 0 Å². The minimum atomic E-state index is -0.833. The van der Waals surface area contributed by atoms with Crippen LogP contribution >= 0.6 is 0 Å². The van der Waals surface area contributed by atoms with E-state index in [4.69, 9.17) is 24.9 Å². The number of nitrogens with one attached hydrogen (secondary N) is 2. The Morgan fingerprint density at radius 1 is 1.29 bits per heavy atom. The summed E-state index contributed by atoms with van der Waals surface area (Å²) in [5, 5.41) is 26.6. The number of rotatable bonds is 6. The van der Waals surface area contributed by atoms with E-state index in [-0.39, 0.29) is 18.6 Å². The third-order valence-corrected chi connectivity index (χ3v) is 2.38. The Balaban J connectivity index is 0. The summed E-state index contributed by atoms with van der Waals surface area (Å²) < 4.78 is 0. The van der Waals surface area contributed by atoms with Gasteiger partial charge in [-0.05, 0) is 14.0 Å². The van der Waals surface area contributed by atoms with Crippen LogP contribution in [-0.2, 0) is 20.9 Å². The first-order chi connectivity index (χ1) is 11.1. The first kappa shape index (κ1) is 23.8. The fraction of sp³-hybridized carbons (Fsp3) is 0.571. The molecule has 0 saturated carbocycles. The number of hydrogen-bond donors (Lipinski definition) is 5. The minimum absolute atomic E-state index is 0.0482. The minimum Gasteiger partial charge on any atom is -0.481 e. The van der Waals surface area contributed by atoms with Crippen LogP contribution < -0.4 is 5.32 Å². The zero-order valence-electron chi connectivity index (χ0n) is 14.3. The number of hydrogen-bond acceptors (Lipinski definition) is 6. The molecule has 0 aromatic carbocycles. The van der Waals surface area contributed by atoms with E-state index in [1.165, 1.54) is 0 Å². The van der Waals surface area contributed by atoms with E-state index in [2.05, 4.69) is 15.3 Å². The van der Waals surface area contributed by atoms with Gasteiger partial charge in [-0.15, -0.1) is 0 Å². The van der Waals surface area contributed by atoms with Gasteiger partial charge in [0.05, 0.1) is 19.2 Å². The number of H-pyrrole nitrogens is 1. The predicted octanol–water partition coefficient (Wildman–Crippen LogP) is -0.480. The Labute approximate surface area is 140 Å². The molecule has 1 amide bonds. The van der Waals surface area contributed by atoms with Crippen LogP contribution in [0.4, 0.5) is 0 Å². The lowest BCUT2D eigenvalue weighted by Gasteiger charge is -2.23. The van der Waals surface area contributed by atoms with Crippen LogP contribution in [0.15, 0.2) is 12.4 Å². The van der Waals surface area contributed by atoms with E-state index in [9.17, 15) is 4.79 Å². The van der Waals surface area contributed by atoms with Gasteiger partial charge in [-0.3, -0.25) is 14.4 Å². The number of imidazole rings is 1. The number of aromatic nitrogens is 2. The van der Waals surface area contributed by atoms with Crippen molar-refractivity contribution in [3.05, 3.63) is 18.2 Å². The van der Waals surface area contributed by atoms with Crippen LogP contribution in [0.25, 0.3) is 0 Å². The largest absolute Gasteiger partial charge is 0.481 e. The van der Waals surface area contributed by atoms with E-state index >= 15 is 0 Å². The molecule has 0 spiro atoms. The standard InChI is InChI=1S/C10H18N4O2.2C2H4O2/c1-8(11-2)10(16)14(5-6-15)7-9-12-3-4-13-9;2*1-2(3)4/h3-4,8,11,15H,5-7H2,1-2H3,(H,12,13);2*1H3,(H,3,4)/t8-;;/m0../s1. The van der Waals surface area contributed by atoms with Gasteiger partial charge in [0.15, 0.2) is 0 Å². The molecule has 10 heteroatoms. The zero-order chi connectivity index (χ0) is 19.1. The molecule has 0 unspecified atom stereocenters. The second-order valence-corrected chi connectivity index (χ2v) is 4.57. The number of likely N-dealkylation sites (N-methyl/N-ethyl adjacent to an activating group) is 1. The number of aliphatic hydroxyl groups excluding tert-OH is 1. The van der Waals surface area contributed by atoms with Crippen molar-refractivity contribution in [1.82, 2.24) is 20.2 Å². The Kier molecular flexibility index (Phi) is 14.0. The van der Waals surface area contributed by atoms with Crippen LogP contribution in [0, 0.1) is 0 Å². The molecule has 0 fully saturated rings. The van der Waals surface area contributed by atoms with E-state index in [0.717, 1.165) is 13.8 Å². The normalized spacial score (nSPS) is 10.4. The van der Waals surface area contributed by atoms with Crippen molar-refractivity contribution in [3.8, 4) is 0 Å². The predicted molar refractivity (Wildman–Crippen MR) is 86.2 cm³/mol. The lowest BCUT2D eigenvalue weighted by Crippen LogP contribution is -2.44. The quantitative estimate of drug-likeness (QED) is 0.462. The first-order valence-electron chi connectivity index (χ1n) is 7.09. The van der Waals surface area contributed by atoms with Crippen molar-refractivity contribution in [2.45, 2.75) is 33.4 Å². The second-order valence-electron chi connectivity index (χ2n) is 4.57. The highest BCUT2D eigenvalue weighted by molar-refractivity contribution is 5.81. The van der Waals surface area contributed by atoms with Crippen LogP contribution in [0.5, 0.6) is 0 Å². The number of carboxylic acid groups (broad SMARTS) is 2. The molecular formula is C14H26N4O6. The SMILES string of the molecule is CC(=O)O.CC(=O)O.CN[C@@H](C)C(=O)N(CCO)Cc1ncc[nH]1. The lowest BCUT2D eigenvalue weighted by atomic mass is 10.3. The fourth-order valence-electron chi connectivity index (χ4n) is 1.35. The molecule has 0 aliphatic rings. The van der Waals surface area contributed by atoms with E-state index in [0.29, 0.717) is 18.9 Å². The van der Waals surface area contributed by atoms with Crippen LogP contribution in [-0.4, -0.2) is 74.3 Å². The summed E-state index contributed by atoms with van der Waals surface area (Å²) in [5.74, 6) is -1.00. The molecule has 0 bridgehead atoms. The molecule has 1 atom stereocenters. The Hall–Kier alpha value is -2.46. The van der Waals surface area contributed by atoms with Crippen LogP contribution in [0.2, 0.25) is 0 Å². The molecule has 10 nitrogen and oxygen atoms in total. The third kappa shape index (κ3) is 14.5. The van der Waals surface area contributed by atoms with Crippen LogP contribution in [0.3, 0.4) is 0 Å². The highest BCUT2D eigenvalue weighted by Crippen LogP contribution is 2.01. The lowest BCUT2D eigenvalue weighted by molar-refractivity contribution is -0.135. The average molecular weight is 346 g/mol. The van der Waals surface area contributed by atoms with E-state index in [1.54, 1.807) is 31.3 Å². The first-order valence-corrected chi connectivity index (χ1v) is 7.09. The molecule has 1 heterocycles. The van der Waals surface area contributed by atoms with Gasteiger partial charge in [-0.25, -0.2) is 4.98 Å². The van der Waals surface area contributed by atoms with Crippen molar-refractivity contribution < 1.29 is 29.7 Å². The number of aromatic amines is 1. The molecule has 24 heavy (non-hydrogen) atoms. The van der Waals surface area contributed by atoms with Gasteiger partial charge in [0, 0.05) is 32.8 Å². The molecular weight excluding hydrogens is 320 g/mol. The topological polar surface area (TPSA) is 156 Å². The summed E-state index contributed by atoms with van der Waals surface area (Å²) in [5.41, 5.74) is 0. The molecule has 1 aromatic rings.